The van der Waals surface area contributed by atoms with Gasteiger partial charge in [0.25, 0.3) is 0 Å². The molecule has 1 aliphatic heterocycles. The van der Waals surface area contributed by atoms with E-state index in [0.717, 1.165) is 25.1 Å². The van der Waals surface area contributed by atoms with Crippen LogP contribution >= 0.6 is 0 Å². The topological polar surface area (TPSA) is 66.0 Å². The first kappa shape index (κ1) is 21.2. The Morgan fingerprint density at radius 3 is 2.67 bits per heavy atom. The molecular weight excluding hydrogens is 347 g/mol. The Morgan fingerprint density at radius 1 is 1.37 bits per heavy atom. The molecule has 0 saturated carbocycles. The average Bonchev–Trinajstić information content (AvgIpc) is 3.11. The normalized spacial score (nSPS) is 18.7. The third-order valence-electron chi connectivity index (χ3n) is 4.62. The molecule has 1 aromatic rings. The SMILES string of the molecule is CCNC(=NCC(OC)c1ccc(F)cc1)NC1CCN(C(=O)C(C)C)C1. The standard InChI is InChI=1S/C20H31FN4O2/c1-5-22-20(24-17-10-11-25(13-17)19(26)14(2)3)23-12-18(27-4)15-6-8-16(21)9-7-15/h6-9,14,17-18H,5,10-13H2,1-4H3,(H2,22,23,24). The molecule has 2 atom stereocenters. The van der Waals surface area contributed by atoms with Crippen LogP contribution in [-0.4, -0.2) is 56.1 Å². The lowest BCUT2D eigenvalue weighted by molar-refractivity contribution is -0.133. The highest BCUT2D eigenvalue weighted by molar-refractivity contribution is 5.81. The molecule has 27 heavy (non-hydrogen) atoms. The van der Waals surface area contributed by atoms with Crippen LogP contribution in [-0.2, 0) is 9.53 Å². The number of amides is 1. The Bertz CT molecular complexity index is 633. The molecule has 2 N–H and O–H groups in total. The number of hydrogen-bond donors (Lipinski definition) is 2. The van der Waals surface area contributed by atoms with Gasteiger partial charge in [0.1, 0.15) is 11.9 Å². The summed E-state index contributed by atoms with van der Waals surface area (Å²) in [6.07, 6.45) is 0.651. The number of rotatable bonds is 7. The molecule has 0 spiro atoms. The zero-order valence-corrected chi connectivity index (χ0v) is 16.7. The van der Waals surface area contributed by atoms with Crippen molar-refractivity contribution in [2.45, 2.75) is 39.3 Å². The maximum absolute atomic E-state index is 13.1. The van der Waals surface area contributed by atoms with Gasteiger partial charge in [0.2, 0.25) is 5.91 Å². The lowest BCUT2D eigenvalue weighted by Gasteiger charge is -2.21. The van der Waals surface area contributed by atoms with Crippen LogP contribution in [0.3, 0.4) is 0 Å². The minimum absolute atomic E-state index is 0.0174. The Morgan fingerprint density at radius 2 is 2.07 bits per heavy atom. The van der Waals surface area contributed by atoms with Gasteiger partial charge in [0.05, 0.1) is 6.54 Å². The van der Waals surface area contributed by atoms with E-state index in [1.807, 2.05) is 25.7 Å². The molecule has 1 aromatic carbocycles. The second-order valence-corrected chi connectivity index (χ2v) is 7.06. The molecule has 0 aliphatic carbocycles. The minimum atomic E-state index is -0.270. The summed E-state index contributed by atoms with van der Waals surface area (Å²) in [6.45, 7) is 8.47. The van der Waals surface area contributed by atoms with E-state index >= 15 is 0 Å². The lowest BCUT2D eigenvalue weighted by Crippen LogP contribution is -2.45. The molecule has 1 fully saturated rings. The van der Waals surface area contributed by atoms with Gasteiger partial charge in [-0.2, -0.15) is 0 Å². The predicted molar refractivity (Wildman–Crippen MR) is 105 cm³/mol. The quantitative estimate of drug-likeness (QED) is 0.565. The minimum Gasteiger partial charge on any atom is -0.375 e. The molecule has 0 bridgehead atoms. The summed E-state index contributed by atoms with van der Waals surface area (Å²) in [5.41, 5.74) is 0.882. The third-order valence-corrected chi connectivity index (χ3v) is 4.62. The molecule has 1 saturated heterocycles. The van der Waals surface area contributed by atoms with Crippen molar-refractivity contribution in [3.05, 3.63) is 35.6 Å². The zero-order valence-electron chi connectivity index (χ0n) is 16.7. The Balaban J connectivity index is 1.97. The van der Waals surface area contributed by atoms with Gasteiger partial charge in [0, 0.05) is 38.7 Å². The summed E-state index contributed by atoms with van der Waals surface area (Å²) >= 11 is 0. The summed E-state index contributed by atoms with van der Waals surface area (Å²) in [5, 5.41) is 6.65. The Hall–Kier alpha value is -2.15. The fourth-order valence-electron chi connectivity index (χ4n) is 3.12. The zero-order chi connectivity index (χ0) is 19.8. The summed E-state index contributed by atoms with van der Waals surface area (Å²) in [7, 11) is 1.62. The highest BCUT2D eigenvalue weighted by atomic mass is 19.1. The van der Waals surface area contributed by atoms with Gasteiger partial charge in [-0.1, -0.05) is 26.0 Å². The van der Waals surface area contributed by atoms with E-state index in [1.165, 1.54) is 12.1 Å². The number of likely N-dealkylation sites (tertiary alicyclic amines) is 1. The van der Waals surface area contributed by atoms with Crippen molar-refractivity contribution in [1.82, 2.24) is 15.5 Å². The summed E-state index contributed by atoms with van der Waals surface area (Å²) in [6, 6.07) is 6.45. The van der Waals surface area contributed by atoms with Crippen LogP contribution in [0.15, 0.2) is 29.3 Å². The molecular formula is C20H31FN4O2. The van der Waals surface area contributed by atoms with Crippen molar-refractivity contribution in [2.24, 2.45) is 10.9 Å². The summed E-state index contributed by atoms with van der Waals surface area (Å²) in [4.78, 5) is 18.7. The van der Waals surface area contributed by atoms with E-state index in [-0.39, 0.29) is 29.8 Å². The molecule has 2 unspecified atom stereocenters. The van der Waals surface area contributed by atoms with E-state index in [0.29, 0.717) is 19.0 Å². The molecule has 150 valence electrons. The Kier molecular flexibility index (Phi) is 8.03. The third kappa shape index (κ3) is 6.20. The first-order valence-electron chi connectivity index (χ1n) is 9.56. The average molecular weight is 378 g/mol. The molecule has 1 amide bonds. The fourth-order valence-corrected chi connectivity index (χ4v) is 3.12. The van der Waals surface area contributed by atoms with Crippen LogP contribution in [0.4, 0.5) is 4.39 Å². The van der Waals surface area contributed by atoms with E-state index in [1.54, 1.807) is 19.2 Å². The van der Waals surface area contributed by atoms with Gasteiger partial charge >= 0.3 is 0 Å². The van der Waals surface area contributed by atoms with Gasteiger partial charge in [-0.25, -0.2) is 4.39 Å². The molecule has 1 aliphatic rings. The van der Waals surface area contributed by atoms with E-state index < -0.39 is 0 Å². The number of hydrogen-bond acceptors (Lipinski definition) is 3. The number of guanidine groups is 1. The fraction of sp³-hybridized carbons (Fsp3) is 0.600. The number of nitrogens with one attached hydrogen (secondary N) is 2. The molecule has 0 aromatic heterocycles. The largest absolute Gasteiger partial charge is 0.375 e. The van der Waals surface area contributed by atoms with Crippen molar-refractivity contribution in [1.29, 1.82) is 0 Å². The number of methoxy groups -OCH3 is 1. The monoisotopic (exact) mass is 378 g/mol. The lowest BCUT2D eigenvalue weighted by atomic mass is 10.1. The van der Waals surface area contributed by atoms with E-state index in [9.17, 15) is 9.18 Å². The van der Waals surface area contributed by atoms with Crippen molar-refractivity contribution in [3.63, 3.8) is 0 Å². The second kappa shape index (κ2) is 10.3. The number of benzene rings is 1. The van der Waals surface area contributed by atoms with Crippen LogP contribution in [0.2, 0.25) is 0 Å². The molecule has 2 rings (SSSR count). The van der Waals surface area contributed by atoms with Crippen molar-refractivity contribution < 1.29 is 13.9 Å². The smallest absolute Gasteiger partial charge is 0.225 e. The maximum Gasteiger partial charge on any atom is 0.225 e. The number of carbonyl (C=O) groups excluding carboxylic acids is 1. The number of carbonyl (C=O) groups is 1. The number of nitrogens with zero attached hydrogens (tertiary/aromatic N) is 2. The molecule has 6 nitrogen and oxygen atoms in total. The maximum atomic E-state index is 13.1. The van der Waals surface area contributed by atoms with Gasteiger partial charge in [-0.3, -0.25) is 9.79 Å². The van der Waals surface area contributed by atoms with Crippen molar-refractivity contribution >= 4 is 11.9 Å². The van der Waals surface area contributed by atoms with Crippen LogP contribution in [0, 0.1) is 11.7 Å². The molecule has 1 heterocycles. The van der Waals surface area contributed by atoms with Crippen LogP contribution in [0.5, 0.6) is 0 Å². The van der Waals surface area contributed by atoms with Gasteiger partial charge < -0.3 is 20.3 Å². The first-order chi connectivity index (χ1) is 12.9. The van der Waals surface area contributed by atoms with Crippen LogP contribution in [0.25, 0.3) is 0 Å². The van der Waals surface area contributed by atoms with E-state index in [2.05, 4.69) is 15.6 Å². The van der Waals surface area contributed by atoms with Crippen molar-refractivity contribution in [2.75, 3.05) is 33.3 Å². The highest BCUT2D eigenvalue weighted by Gasteiger charge is 2.28. The van der Waals surface area contributed by atoms with Gasteiger partial charge in [-0.15, -0.1) is 0 Å². The van der Waals surface area contributed by atoms with Gasteiger partial charge in [0.15, 0.2) is 5.96 Å². The summed E-state index contributed by atoms with van der Waals surface area (Å²) < 4.78 is 18.6. The summed E-state index contributed by atoms with van der Waals surface area (Å²) in [5.74, 6) is 0.639. The van der Waals surface area contributed by atoms with Crippen LogP contribution < -0.4 is 10.6 Å². The molecule has 0 radical (unpaired) electrons. The Labute approximate surface area is 161 Å². The predicted octanol–water partition coefficient (Wildman–Crippen LogP) is 2.33. The van der Waals surface area contributed by atoms with Gasteiger partial charge in [-0.05, 0) is 31.0 Å². The first-order valence-corrected chi connectivity index (χ1v) is 9.56. The highest BCUT2D eigenvalue weighted by Crippen LogP contribution is 2.17. The number of ether oxygens (including phenoxy) is 1. The van der Waals surface area contributed by atoms with Crippen LogP contribution in [0.1, 0.15) is 38.9 Å². The van der Waals surface area contributed by atoms with Crippen molar-refractivity contribution in [3.8, 4) is 0 Å². The molecule has 7 heteroatoms. The number of halogens is 1. The second-order valence-electron chi connectivity index (χ2n) is 7.06. The van der Waals surface area contributed by atoms with E-state index in [4.69, 9.17) is 4.74 Å². The number of aliphatic imine (C=N–C) groups is 1.